The number of nitrogens with zero attached hydrogens (tertiary/aromatic N) is 8. The smallest absolute Gasteiger partial charge is 0.338 e. The molecule has 0 spiro atoms. The van der Waals surface area contributed by atoms with Gasteiger partial charge in [0.1, 0.15) is 66.2 Å². The second-order valence-electron chi connectivity index (χ2n) is 29.4. The molecule has 1 aromatic carbocycles. The van der Waals surface area contributed by atoms with Crippen molar-refractivity contribution >= 4 is 82.0 Å². The predicted octanol–water partition coefficient (Wildman–Crippen LogP) is 4.38. The second kappa shape index (κ2) is 38.0. The molecule has 0 saturated carbocycles. The van der Waals surface area contributed by atoms with E-state index in [4.69, 9.17) is 9.72 Å². The number of carbonyl (C=O) groups excluding carboxylic acids is 12. The Kier molecular flexibility index (Phi) is 32.8. The number of aromatic amines is 1. The lowest BCUT2D eigenvalue weighted by Crippen LogP contribution is -2.63. The first-order valence-corrected chi connectivity index (χ1v) is 34.9. The number of amides is 11. The van der Waals surface area contributed by atoms with Gasteiger partial charge in [0.05, 0.1) is 35.9 Å². The predicted molar refractivity (Wildman–Crippen MR) is 374 cm³/mol. The summed E-state index contributed by atoms with van der Waals surface area (Å²) in [5.41, 5.74) is 1.29. The number of esters is 1. The van der Waals surface area contributed by atoms with Crippen LogP contribution in [0, 0.1) is 41.4 Å². The lowest BCUT2D eigenvalue weighted by atomic mass is 9.91. The van der Waals surface area contributed by atoms with Crippen molar-refractivity contribution in [1.82, 2.24) is 65.5 Å². The van der Waals surface area contributed by atoms with Crippen molar-refractivity contribution in [2.45, 2.75) is 236 Å². The molecule has 1 aliphatic heterocycles. The molecule has 0 aliphatic carbocycles. The van der Waals surface area contributed by atoms with E-state index < -0.39 is 162 Å². The summed E-state index contributed by atoms with van der Waals surface area (Å²) in [6.07, 6.45) is 0.300. The van der Waals surface area contributed by atoms with E-state index in [0.717, 1.165) is 16.2 Å². The molecule has 11 amide bonds. The number of aliphatic hydroxyl groups excluding tert-OH is 1. The molecule has 0 bridgehead atoms. The average Bonchev–Trinajstić information content (AvgIpc) is 0.813. The van der Waals surface area contributed by atoms with Gasteiger partial charge in [-0.15, -0.1) is 0 Å². The Morgan fingerprint density at radius 3 is 1.53 bits per heavy atom. The van der Waals surface area contributed by atoms with Gasteiger partial charge >= 0.3 is 5.97 Å². The van der Waals surface area contributed by atoms with E-state index in [9.17, 15) is 43.5 Å². The number of aliphatic hydroxyl groups is 1. The van der Waals surface area contributed by atoms with Gasteiger partial charge in [0.15, 0.2) is 0 Å². The summed E-state index contributed by atoms with van der Waals surface area (Å²) < 4.78 is 5.42. The number of imidazole rings is 1. The molecule has 12 atom stereocenters. The highest BCUT2D eigenvalue weighted by Crippen LogP contribution is 2.27. The van der Waals surface area contributed by atoms with Gasteiger partial charge in [0, 0.05) is 55.8 Å². The van der Waals surface area contributed by atoms with Crippen LogP contribution >= 0.6 is 0 Å². The Bertz CT molecular complexity index is 3090. The highest BCUT2D eigenvalue weighted by atomic mass is 16.5. The van der Waals surface area contributed by atoms with Gasteiger partial charge < -0.3 is 70.4 Å². The molecule has 1 aliphatic rings. The van der Waals surface area contributed by atoms with Gasteiger partial charge in [0.2, 0.25) is 65.0 Å². The van der Waals surface area contributed by atoms with Crippen LogP contribution in [0.25, 0.3) is 11.0 Å². The van der Waals surface area contributed by atoms with Crippen LogP contribution in [0.1, 0.15) is 179 Å². The van der Waals surface area contributed by atoms with E-state index >= 15 is 19.2 Å². The van der Waals surface area contributed by atoms with Crippen molar-refractivity contribution in [1.29, 1.82) is 0 Å². The number of ether oxygens (including phenoxy) is 1. The summed E-state index contributed by atoms with van der Waals surface area (Å²) in [4.78, 5) is 192. The van der Waals surface area contributed by atoms with E-state index in [1.807, 2.05) is 62.3 Å². The summed E-state index contributed by atoms with van der Waals surface area (Å²) in [7, 11) is 9.79. The SMILES string of the molecule is CCCCOC(=O)c1ccc2nc(C[C@@H](C)[C@@H](O)[C@H]3C(=O)N[C@@H](CC)C(=O)N(C)CC(=O)N(C)[C@@H](CC(C)C)C(=O)N[C@@H](C(C)C)C(=O)N(C)[C@@H](CC(C)C)C(=O)N[C@@H](C)C(=O)N[C@H](C)C(=O)N(C)[C@@H](CC(C)C)C(=O)N(C)[C@@H](CC(C)C)C(=O)N(C)[C@@H](C(C)C)C(=O)N3C)[nH]c2c1. The molecule has 1 saturated heterocycles. The minimum atomic E-state index is -1.76. The zero-order valence-corrected chi connectivity index (χ0v) is 63.0. The van der Waals surface area contributed by atoms with Crippen LogP contribution in [0.15, 0.2) is 18.2 Å². The van der Waals surface area contributed by atoms with Gasteiger partial charge in [0.25, 0.3) is 0 Å². The topological polar surface area (TPSA) is 334 Å². The van der Waals surface area contributed by atoms with E-state index in [1.54, 1.807) is 59.7 Å². The molecule has 27 nitrogen and oxygen atoms in total. The lowest BCUT2D eigenvalue weighted by molar-refractivity contribution is -0.157. The monoisotopic (exact) mass is 1380 g/mol. The van der Waals surface area contributed by atoms with Crippen molar-refractivity contribution in [3.05, 3.63) is 29.6 Å². The number of aromatic nitrogens is 2. The first-order chi connectivity index (χ1) is 45.5. The molecule has 2 aromatic rings. The van der Waals surface area contributed by atoms with Gasteiger partial charge in [-0.05, 0) is 112 Å². The Hall–Kier alpha value is -7.71. The number of likely N-dealkylation sites (N-methyl/N-ethyl adjacent to an activating group) is 7. The molecule has 27 heteroatoms. The van der Waals surface area contributed by atoms with Gasteiger partial charge in [-0.3, -0.25) is 52.7 Å². The summed E-state index contributed by atoms with van der Waals surface area (Å²) in [6, 6.07) is -8.04. The molecule has 0 unspecified atom stereocenters. The average molecular weight is 1380 g/mol. The highest BCUT2D eigenvalue weighted by molar-refractivity contribution is 6.00. The lowest BCUT2D eigenvalue weighted by Gasteiger charge is -2.41. The van der Waals surface area contributed by atoms with Crippen LogP contribution in [0.3, 0.4) is 0 Å². The van der Waals surface area contributed by atoms with Gasteiger partial charge in [-0.1, -0.05) is 110 Å². The van der Waals surface area contributed by atoms with E-state index in [0.29, 0.717) is 28.8 Å². The first kappa shape index (κ1) is 84.5. The third-order valence-electron chi connectivity index (χ3n) is 18.3. The number of hydrogen-bond donors (Lipinski definition) is 6. The van der Waals surface area contributed by atoms with Crippen LogP contribution in [-0.2, 0) is 63.9 Å². The van der Waals surface area contributed by atoms with Crippen molar-refractivity contribution < 1.29 is 67.4 Å². The van der Waals surface area contributed by atoms with Gasteiger partial charge in [-0.25, -0.2) is 9.78 Å². The van der Waals surface area contributed by atoms with Crippen LogP contribution < -0.4 is 21.3 Å². The maximum Gasteiger partial charge on any atom is 0.338 e. The summed E-state index contributed by atoms with van der Waals surface area (Å²) in [6.45, 7) is 29.5. The number of carbonyl (C=O) groups is 12. The molecule has 3 rings (SSSR count). The fraction of sp³-hybridized carbons (Fsp3) is 0.732. The van der Waals surface area contributed by atoms with Crippen LogP contribution in [-0.4, -0.2) is 249 Å². The molecule has 0 radical (unpaired) electrons. The fourth-order valence-electron chi connectivity index (χ4n) is 12.3. The third kappa shape index (κ3) is 22.7. The molecule has 2 heterocycles. The van der Waals surface area contributed by atoms with E-state index in [2.05, 4.69) is 26.3 Å². The molecule has 98 heavy (non-hydrogen) atoms. The standard InChI is InChI=1S/C71H119N13O14/c1-25-27-30-98-71(97)47-28-29-49-50(36-47)75-55(74-49)35-44(15)60(86)59-64(90)76-48(26-2)66(92)78(18)37-56(85)79(19)51(31-38(3)4)63(89)77-57(42(11)12)69(95)80(20)52(32-39(5)6)62(88)72-45(16)61(87)73-46(17)65(91)81(21)53(33-40(7)8)67(93)82(22)54(34-41(9)10)68(94)83(23)58(43(13)14)70(96)84(59)24/h28-29,36,38-46,48,51-54,57-60,86H,25-27,30-35,37H2,1-24H3,(H,72,88)(H,73,87)(H,74,75)(H,76,90)(H,77,89)/t44-,45+,46-,48+,51+,52+,53+,54+,57+,58+,59+,60-/m1/s1. The van der Waals surface area contributed by atoms with E-state index in [-0.39, 0.29) is 68.8 Å². The van der Waals surface area contributed by atoms with Crippen LogP contribution in [0.2, 0.25) is 0 Å². The maximum absolute atomic E-state index is 15.5. The van der Waals surface area contributed by atoms with E-state index in [1.165, 1.54) is 87.7 Å². The zero-order valence-electron chi connectivity index (χ0n) is 63.0. The van der Waals surface area contributed by atoms with Crippen molar-refractivity contribution in [3.8, 4) is 0 Å². The number of hydrogen-bond acceptors (Lipinski definition) is 15. The Morgan fingerprint density at radius 2 is 1.02 bits per heavy atom. The first-order valence-electron chi connectivity index (χ1n) is 34.9. The number of H-pyrrole nitrogens is 1. The number of fused-ring (bicyclic) bond motifs is 1. The molecule has 1 aromatic heterocycles. The number of nitrogens with one attached hydrogen (secondary N) is 5. The molecule has 6 N–H and O–H groups in total. The summed E-state index contributed by atoms with van der Waals surface area (Å²) in [5.74, 6) is -10.7. The summed E-state index contributed by atoms with van der Waals surface area (Å²) >= 11 is 0. The minimum absolute atomic E-state index is 0.000409. The largest absolute Gasteiger partial charge is 0.462 e. The zero-order chi connectivity index (χ0) is 74.8. The Balaban J connectivity index is 2.33. The normalized spacial score (nSPS) is 24.8. The van der Waals surface area contributed by atoms with Crippen molar-refractivity contribution in [2.75, 3.05) is 62.5 Å². The molecule has 1 fully saturated rings. The van der Waals surface area contributed by atoms with Gasteiger partial charge in [-0.2, -0.15) is 0 Å². The highest BCUT2D eigenvalue weighted by Gasteiger charge is 2.46. The third-order valence-corrected chi connectivity index (χ3v) is 18.3. The van der Waals surface area contributed by atoms with Crippen LogP contribution in [0.5, 0.6) is 0 Å². The molecule has 552 valence electrons. The second-order valence-corrected chi connectivity index (χ2v) is 29.4. The summed E-state index contributed by atoms with van der Waals surface area (Å²) in [5, 5.41) is 23.6. The maximum atomic E-state index is 15.5. The minimum Gasteiger partial charge on any atom is -0.462 e. The number of unbranched alkanes of at least 4 members (excludes halogenated alkanes) is 1. The Labute approximate surface area is 581 Å². The van der Waals surface area contributed by atoms with Crippen molar-refractivity contribution in [2.24, 2.45) is 41.4 Å². The quantitative estimate of drug-likeness (QED) is 0.0840. The van der Waals surface area contributed by atoms with Crippen molar-refractivity contribution in [3.63, 3.8) is 0 Å². The fourth-order valence-corrected chi connectivity index (χ4v) is 12.3. The number of rotatable bonds is 19. The Morgan fingerprint density at radius 1 is 0.541 bits per heavy atom. The number of benzene rings is 1. The molecular weight excluding hydrogens is 1260 g/mol. The van der Waals surface area contributed by atoms with Crippen LogP contribution in [0.4, 0.5) is 0 Å². The molecular formula is C71H119N13O14.